The second kappa shape index (κ2) is 27.5. The number of hydrogen-bond acceptors (Lipinski definition) is 4. The fourth-order valence-corrected chi connectivity index (χ4v) is 1.76. The molecule has 3 N–H and O–H groups in total. The molecule has 0 spiro atoms. The van der Waals surface area contributed by atoms with E-state index in [0.717, 1.165) is 32.3 Å². The van der Waals surface area contributed by atoms with Gasteiger partial charge in [-0.3, -0.25) is 0 Å². The van der Waals surface area contributed by atoms with Crippen molar-refractivity contribution in [3.05, 3.63) is 17.5 Å². The Morgan fingerprint density at radius 1 is 0.962 bits per heavy atom. The molecule has 1 aliphatic heterocycles. The number of aliphatic hydroxyl groups is 3. The normalized spacial score (nSPS) is 15.2. The van der Waals surface area contributed by atoms with E-state index in [-0.39, 0.29) is 21.7 Å². The largest absolute Gasteiger partial charge is 0.396 e. The third-order valence-electron chi connectivity index (χ3n) is 2.60. The van der Waals surface area contributed by atoms with Gasteiger partial charge in [0.15, 0.2) is 0 Å². The molecule has 1 saturated heterocycles. The molecule has 1 aliphatic rings. The number of hydrogen-bond donors (Lipinski definition) is 3. The van der Waals surface area contributed by atoms with Gasteiger partial charge in [-0.25, -0.2) is 5.70 Å². The fourth-order valence-electron chi connectivity index (χ4n) is 1.25. The van der Waals surface area contributed by atoms with Gasteiger partial charge in [0, 0.05) is 54.2 Å². The van der Waals surface area contributed by atoms with Gasteiger partial charge in [-0.1, -0.05) is 40.4 Å². The predicted octanol–water partition coefficient (Wildman–Crippen LogP) is 4.11. The predicted molar refractivity (Wildman–Crippen MR) is 110 cm³/mol. The third kappa shape index (κ3) is 39.4. The molecule has 4 nitrogen and oxygen atoms in total. The van der Waals surface area contributed by atoms with Crippen molar-refractivity contribution >= 4 is 8.07 Å². The Bertz CT molecular complexity index is 279. The van der Waals surface area contributed by atoms with E-state index in [1.807, 2.05) is 26.8 Å². The number of aliphatic hydroxyl groups excluding tert-OH is 3. The first kappa shape index (κ1) is 33.8. The van der Waals surface area contributed by atoms with Gasteiger partial charge in [0.25, 0.3) is 0 Å². The van der Waals surface area contributed by atoms with Crippen molar-refractivity contribution in [3.63, 3.8) is 0 Å². The molecule has 6 heteroatoms. The molecule has 1 fully saturated rings. The van der Waals surface area contributed by atoms with Crippen LogP contribution in [0.25, 0.3) is 0 Å². The molecule has 156 valence electrons. The number of rotatable bonds is 5. The monoisotopic (exact) mass is 423 g/mol. The van der Waals surface area contributed by atoms with Crippen LogP contribution in [0.4, 0.5) is 0 Å². The fraction of sp³-hybridized carbons (Fsp3) is 0.850. The van der Waals surface area contributed by atoms with E-state index in [0.29, 0.717) is 25.9 Å². The van der Waals surface area contributed by atoms with Crippen LogP contribution in [-0.2, 0) is 26.5 Å². The second-order valence-electron chi connectivity index (χ2n) is 6.76. The summed E-state index contributed by atoms with van der Waals surface area (Å²) in [6, 6.07) is 0. The first-order chi connectivity index (χ1) is 11.8. The maximum absolute atomic E-state index is 7.88. The first-order valence-electron chi connectivity index (χ1n) is 9.62. The van der Waals surface area contributed by atoms with Crippen molar-refractivity contribution in [2.24, 2.45) is 0 Å². The number of ether oxygens (including phenoxy) is 1. The Hall–Kier alpha value is 0.291. The van der Waals surface area contributed by atoms with Crippen molar-refractivity contribution in [2.75, 3.05) is 26.4 Å². The summed E-state index contributed by atoms with van der Waals surface area (Å²) < 4.78 is 5.55. The molecule has 0 saturated carbocycles. The van der Waals surface area contributed by atoms with Crippen LogP contribution in [-0.4, -0.2) is 55.9 Å². The molecule has 1 rings (SSSR count). The standard InChI is InChI=1S/C11H19OSi.3C3H8O.Ti/c1-13(2,3)10-6-8-11-7-4-5-9-12-11;3*1-2-3-4;/h8,11H,4-5,7,9H2,1-3H3;3*4H,2-3H2,1H3;/q-1;;;;. The topological polar surface area (TPSA) is 69.9 Å². The third-order valence-corrected chi connectivity index (χ3v) is 3.50. The van der Waals surface area contributed by atoms with Crippen molar-refractivity contribution in [2.45, 2.75) is 85.0 Å². The van der Waals surface area contributed by atoms with E-state index in [2.05, 4.69) is 31.1 Å². The zero-order valence-corrected chi connectivity index (χ0v) is 20.5. The summed E-state index contributed by atoms with van der Waals surface area (Å²) in [5, 5.41) is 23.6. The first-order valence-corrected chi connectivity index (χ1v) is 13.1. The van der Waals surface area contributed by atoms with Crippen LogP contribution in [0.2, 0.25) is 19.6 Å². The summed E-state index contributed by atoms with van der Waals surface area (Å²) in [6.07, 6.45) is 8.62. The van der Waals surface area contributed by atoms with Crippen LogP contribution in [0, 0.1) is 5.70 Å². The smallest absolute Gasteiger partial charge is 0.0453 e. The average molecular weight is 424 g/mol. The van der Waals surface area contributed by atoms with Crippen LogP contribution in [0.5, 0.6) is 0 Å². The zero-order chi connectivity index (χ0) is 20.0. The minimum Gasteiger partial charge on any atom is -0.396 e. The summed E-state index contributed by atoms with van der Waals surface area (Å²) in [5.41, 5.74) is 6.48. The Morgan fingerprint density at radius 2 is 1.38 bits per heavy atom. The summed E-state index contributed by atoms with van der Waals surface area (Å²) in [4.78, 5) is 0. The maximum Gasteiger partial charge on any atom is 0.0453 e. The van der Waals surface area contributed by atoms with Gasteiger partial charge in [0.2, 0.25) is 0 Å². The van der Waals surface area contributed by atoms with Crippen LogP contribution in [0.3, 0.4) is 0 Å². The Morgan fingerprint density at radius 3 is 1.65 bits per heavy atom. The molecule has 0 aromatic rings. The molecule has 1 unspecified atom stereocenters. The van der Waals surface area contributed by atoms with Crippen molar-refractivity contribution in [1.82, 2.24) is 0 Å². The molecule has 1 heterocycles. The molecule has 0 aromatic heterocycles. The molecule has 1 atom stereocenters. The molecule has 0 bridgehead atoms. The maximum atomic E-state index is 7.88. The van der Waals surface area contributed by atoms with E-state index < -0.39 is 8.07 Å². The molecular weight excluding hydrogens is 380 g/mol. The molecule has 0 radical (unpaired) electrons. The van der Waals surface area contributed by atoms with Crippen LogP contribution < -0.4 is 0 Å². The molecule has 0 aliphatic carbocycles. The van der Waals surface area contributed by atoms with Crippen LogP contribution >= 0.6 is 0 Å². The summed E-state index contributed by atoms with van der Waals surface area (Å²) in [7, 11) is -1.19. The van der Waals surface area contributed by atoms with E-state index in [9.17, 15) is 0 Å². The summed E-state index contributed by atoms with van der Waals surface area (Å²) in [6.45, 7) is 14.4. The van der Waals surface area contributed by atoms with Crippen molar-refractivity contribution in [3.8, 4) is 0 Å². The van der Waals surface area contributed by atoms with Gasteiger partial charge in [0.05, 0.1) is 0 Å². The van der Waals surface area contributed by atoms with Crippen molar-refractivity contribution < 1.29 is 41.8 Å². The Kier molecular flexibility index (Phi) is 35.8. The van der Waals surface area contributed by atoms with Crippen LogP contribution in [0.15, 0.2) is 11.8 Å². The quantitative estimate of drug-likeness (QED) is 0.354. The van der Waals surface area contributed by atoms with Gasteiger partial charge < -0.3 is 25.8 Å². The summed E-state index contributed by atoms with van der Waals surface area (Å²) in [5.74, 6) is 0. The SMILES string of the molecule is CCCO.CCCO.CCCO.C[Si](C)(C)[C-]=C=CC1CCCCO1.[Ti]. The molecule has 26 heavy (non-hydrogen) atoms. The van der Waals surface area contributed by atoms with E-state index >= 15 is 0 Å². The minimum atomic E-state index is -1.19. The van der Waals surface area contributed by atoms with Crippen LogP contribution in [0.1, 0.15) is 59.3 Å². The van der Waals surface area contributed by atoms with Gasteiger partial charge in [-0.15, -0.1) is 0 Å². The van der Waals surface area contributed by atoms with E-state index in [1.165, 1.54) is 12.8 Å². The summed E-state index contributed by atoms with van der Waals surface area (Å²) >= 11 is 0. The molecule has 0 amide bonds. The van der Waals surface area contributed by atoms with Gasteiger partial charge >= 0.3 is 0 Å². The van der Waals surface area contributed by atoms with E-state index in [1.54, 1.807) is 0 Å². The minimum absolute atomic E-state index is 0. The Balaban J connectivity index is -0.000000155. The van der Waals surface area contributed by atoms with Gasteiger partial charge in [-0.05, 0) is 46.6 Å². The molecular formula is C20H43O4SiTi-. The second-order valence-corrected chi connectivity index (χ2v) is 11.5. The van der Waals surface area contributed by atoms with Gasteiger partial charge in [0.1, 0.15) is 0 Å². The zero-order valence-electron chi connectivity index (χ0n) is 18.0. The Labute approximate surface area is 178 Å². The van der Waals surface area contributed by atoms with Gasteiger partial charge in [-0.2, -0.15) is 6.08 Å². The average Bonchev–Trinajstić information content (AvgIpc) is 2.62. The van der Waals surface area contributed by atoms with E-state index in [4.69, 9.17) is 20.1 Å². The van der Waals surface area contributed by atoms with Crippen molar-refractivity contribution in [1.29, 1.82) is 0 Å². The molecule has 0 aromatic carbocycles.